The molecule has 1 aromatic rings. The van der Waals surface area contributed by atoms with Gasteiger partial charge in [0.05, 0.1) is 7.11 Å². The lowest BCUT2D eigenvalue weighted by molar-refractivity contribution is 0.133. The van der Waals surface area contributed by atoms with Gasteiger partial charge in [0.1, 0.15) is 5.75 Å². The topological polar surface area (TPSA) is 24.5 Å². The molecule has 1 fully saturated rings. The van der Waals surface area contributed by atoms with Crippen molar-refractivity contribution in [3.63, 3.8) is 0 Å². The van der Waals surface area contributed by atoms with E-state index in [0.29, 0.717) is 12.1 Å². The summed E-state index contributed by atoms with van der Waals surface area (Å²) in [5, 5.41) is 3.69. The normalized spacial score (nSPS) is 23.5. The number of nitrogens with zero attached hydrogens (tertiary/aromatic N) is 1. The van der Waals surface area contributed by atoms with E-state index < -0.39 is 0 Å². The molecule has 0 bridgehead atoms. The summed E-state index contributed by atoms with van der Waals surface area (Å²) in [6.45, 7) is 10.4. The molecule has 118 valence electrons. The van der Waals surface area contributed by atoms with Crippen LogP contribution in [0.5, 0.6) is 5.75 Å². The minimum atomic E-state index is 0.631. The van der Waals surface area contributed by atoms with Gasteiger partial charge in [-0.3, -0.25) is 4.90 Å². The standard InChI is InChI=1S/C18H30N2O/c1-14(2)11-17-13-20(15(3)12-19-17)10-9-16-5-7-18(21-4)8-6-16/h5-8,14-15,17,19H,9-13H2,1-4H3. The van der Waals surface area contributed by atoms with Gasteiger partial charge in [0, 0.05) is 31.7 Å². The monoisotopic (exact) mass is 290 g/mol. The Morgan fingerprint density at radius 3 is 2.62 bits per heavy atom. The van der Waals surface area contributed by atoms with Crippen molar-refractivity contribution in [1.82, 2.24) is 10.2 Å². The van der Waals surface area contributed by atoms with Crippen molar-refractivity contribution in [2.75, 3.05) is 26.7 Å². The lowest BCUT2D eigenvalue weighted by atomic mass is 9.99. The van der Waals surface area contributed by atoms with Gasteiger partial charge in [-0.1, -0.05) is 26.0 Å². The molecule has 2 unspecified atom stereocenters. The van der Waals surface area contributed by atoms with Gasteiger partial charge in [-0.05, 0) is 43.4 Å². The van der Waals surface area contributed by atoms with E-state index in [2.05, 4.69) is 55.3 Å². The summed E-state index contributed by atoms with van der Waals surface area (Å²) >= 11 is 0. The zero-order chi connectivity index (χ0) is 15.2. The number of nitrogens with one attached hydrogen (secondary N) is 1. The van der Waals surface area contributed by atoms with Gasteiger partial charge in [0.15, 0.2) is 0 Å². The molecular weight excluding hydrogens is 260 g/mol. The Kier molecular flexibility index (Phi) is 6.07. The number of benzene rings is 1. The van der Waals surface area contributed by atoms with Crippen LogP contribution < -0.4 is 10.1 Å². The van der Waals surface area contributed by atoms with Crippen molar-refractivity contribution in [1.29, 1.82) is 0 Å². The van der Waals surface area contributed by atoms with Crippen LogP contribution in [0.25, 0.3) is 0 Å². The van der Waals surface area contributed by atoms with E-state index in [1.54, 1.807) is 7.11 Å². The predicted molar refractivity (Wildman–Crippen MR) is 89.0 cm³/mol. The SMILES string of the molecule is COc1ccc(CCN2CC(CC(C)C)NCC2C)cc1. The first kappa shape index (κ1) is 16.3. The largest absolute Gasteiger partial charge is 0.497 e. The number of hydrogen-bond donors (Lipinski definition) is 1. The Hall–Kier alpha value is -1.06. The van der Waals surface area contributed by atoms with Crippen molar-refractivity contribution in [3.05, 3.63) is 29.8 Å². The van der Waals surface area contributed by atoms with Crippen LogP contribution in [-0.2, 0) is 6.42 Å². The van der Waals surface area contributed by atoms with E-state index in [1.807, 2.05) is 0 Å². The van der Waals surface area contributed by atoms with Gasteiger partial charge in [0.25, 0.3) is 0 Å². The highest BCUT2D eigenvalue weighted by Crippen LogP contribution is 2.15. The second-order valence-electron chi connectivity index (χ2n) is 6.68. The smallest absolute Gasteiger partial charge is 0.118 e. The Balaban J connectivity index is 1.84. The summed E-state index contributed by atoms with van der Waals surface area (Å²) in [5.74, 6) is 1.70. The number of rotatable bonds is 6. The van der Waals surface area contributed by atoms with Crippen LogP contribution in [0.3, 0.4) is 0 Å². The van der Waals surface area contributed by atoms with Crippen molar-refractivity contribution < 1.29 is 4.74 Å². The second-order valence-corrected chi connectivity index (χ2v) is 6.68. The molecule has 3 nitrogen and oxygen atoms in total. The fourth-order valence-corrected chi connectivity index (χ4v) is 3.10. The van der Waals surface area contributed by atoms with Crippen LogP contribution in [-0.4, -0.2) is 43.7 Å². The summed E-state index contributed by atoms with van der Waals surface area (Å²) in [5.41, 5.74) is 1.39. The first-order chi connectivity index (χ1) is 10.1. The summed E-state index contributed by atoms with van der Waals surface area (Å²) in [7, 11) is 1.71. The van der Waals surface area contributed by atoms with Crippen LogP contribution in [0.15, 0.2) is 24.3 Å². The quantitative estimate of drug-likeness (QED) is 0.872. The first-order valence-electron chi connectivity index (χ1n) is 8.19. The maximum Gasteiger partial charge on any atom is 0.118 e. The lowest BCUT2D eigenvalue weighted by Crippen LogP contribution is -2.56. The summed E-state index contributed by atoms with van der Waals surface area (Å²) in [6.07, 6.45) is 2.38. The van der Waals surface area contributed by atoms with E-state index in [0.717, 1.165) is 31.2 Å². The van der Waals surface area contributed by atoms with Crippen molar-refractivity contribution in [3.8, 4) is 5.75 Å². The van der Waals surface area contributed by atoms with Gasteiger partial charge in [-0.2, -0.15) is 0 Å². The van der Waals surface area contributed by atoms with Crippen LogP contribution in [0, 0.1) is 5.92 Å². The first-order valence-corrected chi connectivity index (χ1v) is 8.19. The van der Waals surface area contributed by atoms with E-state index in [1.165, 1.54) is 18.5 Å². The summed E-state index contributed by atoms with van der Waals surface area (Å²) in [4.78, 5) is 2.63. The molecule has 1 N–H and O–H groups in total. The fraction of sp³-hybridized carbons (Fsp3) is 0.667. The van der Waals surface area contributed by atoms with Gasteiger partial charge in [-0.25, -0.2) is 0 Å². The number of hydrogen-bond acceptors (Lipinski definition) is 3. The lowest BCUT2D eigenvalue weighted by Gasteiger charge is -2.39. The fourth-order valence-electron chi connectivity index (χ4n) is 3.10. The molecule has 1 heterocycles. The molecule has 0 aromatic heterocycles. The molecule has 1 aliphatic heterocycles. The average Bonchev–Trinajstić information content (AvgIpc) is 2.48. The molecule has 0 amide bonds. The third-order valence-electron chi connectivity index (χ3n) is 4.38. The van der Waals surface area contributed by atoms with Crippen LogP contribution in [0.2, 0.25) is 0 Å². The molecule has 0 saturated carbocycles. The molecule has 3 heteroatoms. The Morgan fingerprint density at radius 1 is 1.29 bits per heavy atom. The molecule has 0 radical (unpaired) electrons. The summed E-state index contributed by atoms with van der Waals surface area (Å²) < 4.78 is 5.21. The van der Waals surface area contributed by atoms with E-state index >= 15 is 0 Å². The molecule has 0 aliphatic carbocycles. The minimum absolute atomic E-state index is 0.631. The average molecular weight is 290 g/mol. The van der Waals surface area contributed by atoms with Gasteiger partial charge in [0.2, 0.25) is 0 Å². The molecular formula is C18H30N2O. The molecule has 1 saturated heterocycles. The zero-order valence-corrected chi connectivity index (χ0v) is 13.9. The molecule has 0 spiro atoms. The molecule has 1 aliphatic rings. The van der Waals surface area contributed by atoms with Crippen molar-refractivity contribution >= 4 is 0 Å². The molecule has 2 atom stereocenters. The van der Waals surface area contributed by atoms with Crippen LogP contribution >= 0.6 is 0 Å². The second kappa shape index (κ2) is 7.81. The highest BCUT2D eigenvalue weighted by atomic mass is 16.5. The van der Waals surface area contributed by atoms with Gasteiger partial charge >= 0.3 is 0 Å². The third-order valence-corrected chi connectivity index (χ3v) is 4.38. The van der Waals surface area contributed by atoms with Crippen LogP contribution in [0.4, 0.5) is 0 Å². The number of methoxy groups -OCH3 is 1. The third kappa shape index (κ3) is 5.01. The molecule has 2 rings (SSSR count). The highest BCUT2D eigenvalue weighted by Gasteiger charge is 2.24. The zero-order valence-electron chi connectivity index (χ0n) is 13.9. The maximum absolute atomic E-state index is 5.21. The summed E-state index contributed by atoms with van der Waals surface area (Å²) in [6, 6.07) is 9.74. The minimum Gasteiger partial charge on any atom is -0.497 e. The Bertz CT molecular complexity index is 416. The van der Waals surface area contributed by atoms with Gasteiger partial charge in [-0.15, -0.1) is 0 Å². The number of piperazine rings is 1. The Morgan fingerprint density at radius 2 is 2.00 bits per heavy atom. The van der Waals surface area contributed by atoms with E-state index in [4.69, 9.17) is 4.74 Å². The predicted octanol–water partition coefficient (Wildman–Crippen LogP) is 2.95. The van der Waals surface area contributed by atoms with Crippen molar-refractivity contribution in [2.24, 2.45) is 5.92 Å². The van der Waals surface area contributed by atoms with Crippen molar-refractivity contribution in [2.45, 2.75) is 45.7 Å². The van der Waals surface area contributed by atoms with Gasteiger partial charge < -0.3 is 10.1 Å². The van der Waals surface area contributed by atoms with E-state index in [9.17, 15) is 0 Å². The maximum atomic E-state index is 5.21. The molecule has 21 heavy (non-hydrogen) atoms. The van der Waals surface area contributed by atoms with Crippen LogP contribution in [0.1, 0.15) is 32.8 Å². The number of ether oxygens (including phenoxy) is 1. The molecule has 1 aromatic carbocycles. The highest BCUT2D eigenvalue weighted by molar-refractivity contribution is 5.27. The Labute approximate surface area is 129 Å². The van der Waals surface area contributed by atoms with E-state index in [-0.39, 0.29) is 0 Å².